The minimum absolute atomic E-state index is 0.0955. The summed E-state index contributed by atoms with van der Waals surface area (Å²) < 4.78 is 0. The van der Waals surface area contributed by atoms with Crippen LogP contribution in [0, 0.1) is 0 Å². The van der Waals surface area contributed by atoms with Gasteiger partial charge in [0, 0.05) is 23.5 Å². The van der Waals surface area contributed by atoms with Crippen LogP contribution < -0.4 is 10.9 Å². The van der Waals surface area contributed by atoms with Gasteiger partial charge in [0.1, 0.15) is 5.75 Å². The fraction of sp³-hybridized carbons (Fsp3) is 0. The Hall–Kier alpha value is -2.82. The van der Waals surface area contributed by atoms with Crippen LogP contribution >= 0.6 is 0 Å². The van der Waals surface area contributed by atoms with E-state index in [0.29, 0.717) is 16.8 Å². The monoisotopic (exact) mass is 255 g/mol. The number of nitrogens with zero attached hydrogens (tertiary/aromatic N) is 1. The van der Waals surface area contributed by atoms with Gasteiger partial charge >= 0.3 is 0 Å². The van der Waals surface area contributed by atoms with Gasteiger partial charge in [0.05, 0.1) is 5.70 Å². The number of aromatic nitrogens is 1. The second-order valence-corrected chi connectivity index (χ2v) is 3.81. The van der Waals surface area contributed by atoms with Gasteiger partial charge in [-0.1, -0.05) is 18.7 Å². The number of carbonyl (C=O) groups is 1. The smallest absolute Gasteiger partial charge is 0.269 e. The number of hydrazine groups is 1. The number of amides is 1. The number of carbonyl (C=O) groups excluding carboxylic acids is 1. The van der Waals surface area contributed by atoms with E-state index in [0.717, 1.165) is 0 Å². The molecule has 2 aromatic rings. The summed E-state index contributed by atoms with van der Waals surface area (Å²) in [7, 11) is 0. The third-order valence-electron chi connectivity index (χ3n) is 2.50. The summed E-state index contributed by atoms with van der Waals surface area (Å²) in [6.07, 6.45) is 3.07. The van der Waals surface area contributed by atoms with Gasteiger partial charge in [0.25, 0.3) is 5.91 Å². The molecule has 1 amide bonds. The van der Waals surface area contributed by atoms with Crippen LogP contribution in [-0.2, 0) is 0 Å². The molecule has 0 spiro atoms. The van der Waals surface area contributed by atoms with E-state index in [9.17, 15) is 9.90 Å². The Labute approximate surface area is 110 Å². The lowest BCUT2D eigenvalue weighted by molar-refractivity contribution is 0.0942. The van der Waals surface area contributed by atoms with E-state index >= 15 is 0 Å². The SMILES string of the molecule is C=C(NNC(=O)c1ccncc1)c1ccccc1O. The first-order valence-corrected chi connectivity index (χ1v) is 5.62. The quantitative estimate of drug-likeness (QED) is 0.727. The van der Waals surface area contributed by atoms with E-state index in [1.165, 1.54) is 12.4 Å². The standard InChI is InChI=1S/C14H13N3O2/c1-10(12-4-2-3-5-13(12)18)16-17-14(19)11-6-8-15-9-7-11/h2-9,16,18H,1H2,(H,17,19). The highest BCUT2D eigenvalue weighted by Gasteiger charge is 2.07. The lowest BCUT2D eigenvalue weighted by Crippen LogP contribution is -2.35. The number of pyridine rings is 1. The van der Waals surface area contributed by atoms with Crippen molar-refractivity contribution in [2.24, 2.45) is 0 Å². The van der Waals surface area contributed by atoms with E-state index in [1.807, 2.05) is 0 Å². The van der Waals surface area contributed by atoms with Crippen molar-refractivity contribution in [3.05, 3.63) is 66.5 Å². The predicted octanol–water partition coefficient (Wildman–Crippen LogP) is 1.69. The number of aromatic hydroxyl groups is 1. The Balaban J connectivity index is 1.98. The minimum Gasteiger partial charge on any atom is -0.507 e. The van der Waals surface area contributed by atoms with E-state index in [2.05, 4.69) is 22.4 Å². The van der Waals surface area contributed by atoms with E-state index in [1.54, 1.807) is 36.4 Å². The summed E-state index contributed by atoms with van der Waals surface area (Å²) in [6.45, 7) is 3.75. The summed E-state index contributed by atoms with van der Waals surface area (Å²) in [4.78, 5) is 15.6. The number of phenolic OH excluding ortho intramolecular Hbond substituents is 1. The summed E-state index contributed by atoms with van der Waals surface area (Å²) in [6, 6.07) is 9.92. The van der Waals surface area contributed by atoms with Crippen molar-refractivity contribution in [3.63, 3.8) is 0 Å². The van der Waals surface area contributed by atoms with Crippen molar-refractivity contribution < 1.29 is 9.90 Å². The average molecular weight is 255 g/mol. The van der Waals surface area contributed by atoms with Crippen LogP contribution in [0.3, 0.4) is 0 Å². The van der Waals surface area contributed by atoms with Crippen molar-refractivity contribution in [2.45, 2.75) is 0 Å². The first kappa shape index (κ1) is 12.6. The molecular weight excluding hydrogens is 242 g/mol. The Bertz CT molecular complexity index is 597. The molecule has 0 atom stereocenters. The van der Waals surface area contributed by atoms with Gasteiger partial charge in [-0.25, -0.2) is 0 Å². The van der Waals surface area contributed by atoms with Crippen molar-refractivity contribution in [1.82, 2.24) is 15.8 Å². The maximum atomic E-state index is 11.8. The first-order valence-electron chi connectivity index (χ1n) is 5.62. The minimum atomic E-state index is -0.307. The number of hydrogen-bond donors (Lipinski definition) is 3. The highest BCUT2D eigenvalue weighted by molar-refractivity contribution is 5.94. The number of nitrogens with one attached hydrogen (secondary N) is 2. The second kappa shape index (κ2) is 5.68. The van der Waals surface area contributed by atoms with Gasteiger partial charge in [-0.05, 0) is 24.3 Å². The first-order chi connectivity index (χ1) is 9.18. The van der Waals surface area contributed by atoms with Crippen molar-refractivity contribution in [3.8, 4) is 5.75 Å². The molecule has 0 bridgehead atoms. The average Bonchev–Trinajstić information content (AvgIpc) is 2.46. The molecule has 1 heterocycles. The zero-order valence-corrected chi connectivity index (χ0v) is 10.1. The summed E-state index contributed by atoms with van der Waals surface area (Å²) in [5.74, 6) is -0.211. The molecule has 1 aromatic heterocycles. The van der Waals surface area contributed by atoms with E-state index < -0.39 is 0 Å². The molecule has 2 rings (SSSR count). The number of benzene rings is 1. The maximum absolute atomic E-state index is 11.8. The van der Waals surface area contributed by atoms with Gasteiger partial charge in [0.2, 0.25) is 0 Å². The normalized spacial score (nSPS) is 9.68. The highest BCUT2D eigenvalue weighted by Crippen LogP contribution is 2.20. The maximum Gasteiger partial charge on any atom is 0.269 e. The molecule has 19 heavy (non-hydrogen) atoms. The van der Waals surface area contributed by atoms with Gasteiger partial charge < -0.3 is 5.11 Å². The van der Waals surface area contributed by atoms with E-state index in [-0.39, 0.29) is 11.7 Å². The molecule has 0 aliphatic carbocycles. The molecule has 0 saturated heterocycles. The molecule has 0 fully saturated rings. The van der Waals surface area contributed by atoms with Gasteiger partial charge in [-0.2, -0.15) is 0 Å². The fourth-order valence-corrected chi connectivity index (χ4v) is 1.50. The van der Waals surface area contributed by atoms with Crippen molar-refractivity contribution in [1.29, 1.82) is 0 Å². The third kappa shape index (κ3) is 3.10. The largest absolute Gasteiger partial charge is 0.507 e. The Kier molecular flexibility index (Phi) is 3.78. The number of hydrogen-bond acceptors (Lipinski definition) is 4. The Morgan fingerprint density at radius 2 is 1.79 bits per heavy atom. The van der Waals surface area contributed by atoms with Gasteiger partial charge in [-0.15, -0.1) is 0 Å². The second-order valence-electron chi connectivity index (χ2n) is 3.81. The number of rotatable bonds is 4. The Morgan fingerprint density at radius 1 is 1.11 bits per heavy atom. The summed E-state index contributed by atoms with van der Waals surface area (Å²) in [5.41, 5.74) is 6.57. The highest BCUT2D eigenvalue weighted by atomic mass is 16.3. The number of phenols is 1. The van der Waals surface area contributed by atoms with Crippen LogP contribution in [0.4, 0.5) is 0 Å². The van der Waals surface area contributed by atoms with Crippen LogP contribution in [0.15, 0.2) is 55.4 Å². The molecular formula is C14H13N3O2. The molecule has 0 unspecified atom stereocenters. The van der Waals surface area contributed by atoms with Crippen molar-refractivity contribution >= 4 is 11.6 Å². The lowest BCUT2D eigenvalue weighted by atomic mass is 10.1. The lowest BCUT2D eigenvalue weighted by Gasteiger charge is -2.12. The molecule has 0 aliphatic rings. The zero-order chi connectivity index (χ0) is 13.7. The van der Waals surface area contributed by atoms with Crippen LogP contribution in [0.1, 0.15) is 15.9 Å². The van der Waals surface area contributed by atoms with Crippen LogP contribution in [-0.4, -0.2) is 16.0 Å². The van der Waals surface area contributed by atoms with Gasteiger partial charge in [-0.3, -0.25) is 20.6 Å². The molecule has 0 saturated carbocycles. The fourth-order valence-electron chi connectivity index (χ4n) is 1.50. The zero-order valence-electron chi connectivity index (χ0n) is 10.1. The predicted molar refractivity (Wildman–Crippen MR) is 72.0 cm³/mol. The summed E-state index contributed by atoms with van der Waals surface area (Å²) >= 11 is 0. The molecule has 0 aliphatic heterocycles. The van der Waals surface area contributed by atoms with E-state index in [4.69, 9.17) is 0 Å². The van der Waals surface area contributed by atoms with Crippen LogP contribution in [0.2, 0.25) is 0 Å². The third-order valence-corrected chi connectivity index (χ3v) is 2.50. The topological polar surface area (TPSA) is 74.2 Å². The molecule has 96 valence electrons. The molecule has 1 aromatic carbocycles. The molecule has 3 N–H and O–H groups in total. The van der Waals surface area contributed by atoms with Crippen LogP contribution in [0.5, 0.6) is 5.75 Å². The molecule has 0 radical (unpaired) electrons. The van der Waals surface area contributed by atoms with Crippen LogP contribution in [0.25, 0.3) is 5.70 Å². The van der Waals surface area contributed by atoms with Gasteiger partial charge in [0.15, 0.2) is 0 Å². The Morgan fingerprint density at radius 3 is 2.47 bits per heavy atom. The van der Waals surface area contributed by atoms with Crippen molar-refractivity contribution in [2.75, 3.05) is 0 Å². The molecule has 5 nitrogen and oxygen atoms in total. The molecule has 5 heteroatoms. The number of para-hydroxylation sites is 1. The summed E-state index contributed by atoms with van der Waals surface area (Å²) in [5, 5.41) is 9.64.